The van der Waals surface area contributed by atoms with Crippen LogP contribution in [0.25, 0.3) is 0 Å². The smallest absolute Gasteiger partial charge is 0.242 e. The fraction of sp³-hybridized carbons (Fsp3) is 0.300. The first-order valence-electron chi connectivity index (χ1n) is 5.27. The Bertz CT molecular complexity index is 577. The zero-order valence-electron chi connectivity index (χ0n) is 10.2. The summed E-state index contributed by atoms with van der Waals surface area (Å²) in [5, 5.41) is 2.52. The minimum absolute atomic E-state index is 0.0895. The fourth-order valence-electron chi connectivity index (χ4n) is 1.23. The van der Waals surface area contributed by atoms with Crippen molar-refractivity contribution in [3.8, 4) is 0 Å². The lowest BCUT2D eigenvalue weighted by molar-refractivity contribution is 0.580. The van der Waals surface area contributed by atoms with Gasteiger partial charge in [-0.15, -0.1) is 0 Å². The maximum absolute atomic E-state index is 12.8. The Balaban J connectivity index is 2.66. The number of nitrogens with zero attached hydrogens (tertiary/aromatic N) is 1. The van der Waals surface area contributed by atoms with E-state index in [1.165, 1.54) is 7.05 Å². The van der Waals surface area contributed by atoms with Gasteiger partial charge in [0, 0.05) is 20.1 Å². The summed E-state index contributed by atoms with van der Waals surface area (Å²) in [6.45, 7) is 0.355. The third-order valence-electron chi connectivity index (χ3n) is 2.15. The second kappa shape index (κ2) is 6.69. The van der Waals surface area contributed by atoms with Crippen molar-refractivity contribution in [1.29, 1.82) is 0 Å². The lowest BCUT2D eigenvalue weighted by atomic mass is 10.3. The van der Waals surface area contributed by atoms with Gasteiger partial charge in [0.1, 0.15) is 10.7 Å². The number of aliphatic imine (C=N–C) groups is 1. The van der Waals surface area contributed by atoms with Crippen LogP contribution in [0.15, 0.2) is 28.1 Å². The molecule has 106 valence electrons. The monoisotopic (exact) mass is 308 g/mol. The topological polar surface area (TPSA) is 96.6 Å². The number of halogens is 2. The normalized spacial score (nSPS) is 12.5. The van der Waals surface area contributed by atoms with Gasteiger partial charge in [0.25, 0.3) is 0 Å². The minimum atomic E-state index is -3.78. The van der Waals surface area contributed by atoms with Crippen LogP contribution >= 0.6 is 11.6 Å². The average Bonchev–Trinajstić information content (AvgIpc) is 2.33. The highest BCUT2D eigenvalue weighted by Crippen LogP contribution is 2.21. The van der Waals surface area contributed by atoms with Gasteiger partial charge in [-0.25, -0.2) is 17.5 Å². The average molecular weight is 309 g/mol. The highest BCUT2D eigenvalue weighted by molar-refractivity contribution is 7.89. The number of nitrogens with two attached hydrogens (primary N) is 1. The van der Waals surface area contributed by atoms with Gasteiger partial charge in [-0.1, -0.05) is 11.6 Å². The van der Waals surface area contributed by atoms with Gasteiger partial charge in [-0.2, -0.15) is 0 Å². The maximum Gasteiger partial charge on any atom is 0.242 e. The van der Waals surface area contributed by atoms with Crippen LogP contribution < -0.4 is 15.8 Å². The minimum Gasteiger partial charge on any atom is -0.370 e. The summed E-state index contributed by atoms with van der Waals surface area (Å²) in [6.07, 6.45) is 0. The van der Waals surface area contributed by atoms with Crippen LogP contribution in [0, 0.1) is 5.82 Å². The van der Waals surface area contributed by atoms with Crippen LogP contribution in [0.1, 0.15) is 0 Å². The molecule has 1 rings (SSSR count). The van der Waals surface area contributed by atoms with E-state index in [2.05, 4.69) is 15.0 Å². The zero-order valence-corrected chi connectivity index (χ0v) is 11.7. The van der Waals surface area contributed by atoms with E-state index in [1.807, 2.05) is 0 Å². The van der Waals surface area contributed by atoms with E-state index in [0.29, 0.717) is 0 Å². The van der Waals surface area contributed by atoms with Crippen LogP contribution in [0.4, 0.5) is 4.39 Å². The van der Waals surface area contributed by atoms with Crippen LogP contribution in [-0.4, -0.2) is 34.5 Å². The molecule has 0 amide bonds. The molecule has 9 heteroatoms. The van der Waals surface area contributed by atoms with Crippen LogP contribution in [0.3, 0.4) is 0 Å². The van der Waals surface area contributed by atoms with Crippen molar-refractivity contribution in [3.63, 3.8) is 0 Å². The Hall–Kier alpha value is -1.38. The van der Waals surface area contributed by atoms with Crippen LogP contribution in [0.2, 0.25) is 5.02 Å². The number of hydrogen-bond donors (Lipinski definition) is 3. The molecule has 0 aliphatic carbocycles. The molecule has 0 unspecified atom stereocenters. The van der Waals surface area contributed by atoms with Crippen LogP contribution in [0.5, 0.6) is 0 Å². The zero-order chi connectivity index (χ0) is 14.5. The quantitative estimate of drug-likeness (QED) is 0.414. The molecular formula is C10H14ClFN4O2S. The second-order valence-electron chi connectivity index (χ2n) is 3.51. The maximum atomic E-state index is 12.8. The van der Waals surface area contributed by atoms with Gasteiger partial charge in [0.15, 0.2) is 5.96 Å². The highest BCUT2D eigenvalue weighted by atomic mass is 35.5. The molecule has 0 fully saturated rings. The number of benzene rings is 1. The molecule has 1 aromatic carbocycles. The van der Waals surface area contributed by atoms with E-state index in [-0.39, 0.29) is 29.0 Å². The van der Waals surface area contributed by atoms with Crippen molar-refractivity contribution in [2.75, 3.05) is 20.1 Å². The Morgan fingerprint density at radius 2 is 2.16 bits per heavy atom. The van der Waals surface area contributed by atoms with E-state index in [4.69, 9.17) is 17.3 Å². The first-order valence-corrected chi connectivity index (χ1v) is 7.14. The summed E-state index contributed by atoms with van der Waals surface area (Å²) >= 11 is 5.69. The van der Waals surface area contributed by atoms with Gasteiger partial charge in [0.05, 0.1) is 5.02 Å². The van der Waals surface area contributed by atoms with Gasteiger partial charge < -0.3 is 11.1 Å². The number of guanidine groups is 1. The molecule has 0 aliphatic heterocycles. The van der Waals surface area contributed by atoms with Gasteiger partial charge in [0.2, 0.25) is 10.0 Å². The molecule has 0 radical (unpaired) electrons. The molecular weight excluding hydrogens is 295 g/mol. The van der Waals surface area contributed by atoms with Crippen molar-refractivity contribution in [2.45, 2.75) is 4.90 Å². The number of hydrogen-bond acceptors (Lipinski definition) is 3. The lowest BCUT2D eigenvalue weighted by Gasteiger charge is -2.09. The van der Waals surface area contributed by atoms with Crippen molar-refractivity contribution >= 4 is 27.6 Å². The summed E-state index contributed by atoms with van der Waals surface area (Å²) < 4.78 is 38.9. The second-order valence-corrected chi connectivity index (χ2v) is 5.65. The summed E-state index contributed by atoms with van der Waals surface area (Å²) in [5.74, 6) is -0.392. The Morgan fingerprint density at radius 3 is 2.74 bits per heavy atom. The van der Waals surface area contributed by atoms with Gasteiger partial charge in [-0.05, 0) is 18.2 Å². The number of rotatable bonds is 5. The molecule has 0 atom stereocenters. The first-order chi connectivity index (χ1) is 8.86. The molecule has 0 bridgehead atoms. The summed E-state index contributed by atoms with van der Waals surface area (Å²) in [6, 6.07) is 3.08. The fourth-order valence-corrected chi connectivity index (χ4v) is 2.79. The largest absolute Gasteiger partial charge is 0.370 e. The van der Waals surface area contributed by atoms with Gasteiger partial charge in [-0.3, -0.25) is 4.99 Å². The third kappa shape index (κ3) is 4.66. The molecule has 4 N–H and O–H groups in total. The number of nitrogens with one attached hydrogen (secondary N) is 2. The van der Waals surface area contributed by atoms with E-state index < -0.39 is 15.8 Å². The van der Waals surface area contributed by atoms with Gasteiger partial charge >= 0.3 is 0 Å². The molecule has 0 aliphatic rings. The summed E-state index contributed by atoms with van der Waals surface area (Å²) in [4.78, 5) is 3.47. The Kier molecular flexibility index (Phi) is 5.52. The van der Waals surface area contributed by atoms with Crippen molar-refractivity contribution < 1.29 is 12.8 Å². The Labute approximate surface area is 115 Å². The highest BCUT2D eigenvalue weighted by Gasteiger charge is 2.17. The summed E-state index contributed by atoms with van der Waals surface area (Å²) in [7, 11) is -2.28. The predicted molar refractivity (Wildman–Crippen MR) is 72.1 cm³/mol. The summed E-state index contributed by atoms with van der Waals surface area (Å²) in [5.41, 5.74) is 5.37. The molecule has 0 heterocycles. The molecule has 0 aromatic heterocycles. The van der Waals surface area contributed by atoms with E-state index in [1.54, 1.807) is 0 Å². The predicted octanol–water partition coefficient (Wildman–Crippen LogP) is 0.292. The van der Waals surface area contributed by atoms with Crippen molar-refractivity contribution in [3.05, 3.63) is 29.0 Å². The standard InChI is InChI=1S/C10H14ClFN4O2S/c1-14-10(13)15-4-5-16-19(17,18)9-3-2-7(12)6-8(9)11/h2-3,6,16H,4-5H2,1H3,(H3,13,14,15). The van der Waals surface area contributed by atoms with E-state index >= 15 is 0 Å². The molecule has 0 saturated carbocycles. The SMILES string of the molecule is CN=C(N)NCCNS(=O)(=O)c1ccc(F)cc1Cl. The third-order valence-corrected chi connectivity index (χ3v) is 4.09. The molecule has 19 heavy (non-hydrogen) atoms. The molecule has 0 saturated heterocycles. The Morgan fingerprint density at radius 1 is 1.47 bits per heavy atom. The van der Waals surface area contributed by atoms with Crippen molar-refractivity contribution in [1.82, 2.24) is 10.0 Å². The lowest BCUT2D eigenvalue weighted by Crippen LogP contribution is -2.38. The molecule has 0 spiro atoms. The van der Waals surface area contributed by atoms with Crippen LogP contribution in [-0.2, 0) is 10.0 Å². The molecule has 1 aromatic rings. The molecule has 6 nitrogen and oxygen atoms in total. The van der Waals surface area contributed by atoms with Crippen molar-refractivity contribution in [2.24, 2.45) is 10.7 Å². The number of sulfonamides is 1. The first kappa shape index (κ1) is 15.7. The van der Waals surface area contributed by atoms with E-state index in [9.17, 15) is 12.8 Å². The van der Waals surface area contributed by atoms with E-state index in [0.717, 1.165) is 18.2 Å².